The third kappa shape index (κ3) is 4.60. The number of carbonyl (C=O) groups is 1. The first-order valence-electron chi connectivity index (χ1n) is 8.88. The normalized spacial score (nSPS) is 15.6. The second-order valence-corrected chi connectivity index (χ2v) is 7.59. The molecule has 9 nitrogen and oxygen atoms in total. The number of hydrogen-bond acceptors (Lipinski definition) is 6. The number of hydrogen-bond donors (Lipinski definition) is 1. The summed E-state index contributed by atoms with van der Waals surface area (Å²) in [6.07, 6.45) is 1.26. The van der Waals surface area contributed by atoms with E-state index in [-0.39, 0.29) is 17.7 Å². The lowest BCUT2D eigenvalue weighted by atomic mass is 9.96. The summed E-state index contributed by atoms with van der Waals surface area (Å²) in [4.78, 5) is 28.7. The molecule has 27 heavy (non-hydrogen) atoms. The number of non-ortho nitro benzene ring substituents is 1. The summed E-state index contributed by atoms with van der Waals surface area (Å²) >= 11 is 0. The van der Waals surface area contributed by atoms with Crippen molar-refractivity contribution in [1.82, 2.24) is 20.1 Å². The van der Waals surface area contributed by atoms with Gasteiger partial charge in [-0.05, 0) is 45.7 Å². The number of aromatic nitrogens is 3. The van der Waals surface area contributed by atoms with E-state index in [1.807, 2.05) is 20.8 Å². The van der Waals surface area contributed by atoms with Crippen LogP contribution in [0.3, 0.4) is 0 Å². The summed E-state index contributed by atoms with van der Waals surface area (Å²) in [5.74, 6) is 1.46. The maximum absolute atomic E-state index is 12.1. The monoisotopic (exact) mass is 373 g/mol. The van der Waals surface area contributed by atoms with Gasteiger partial charge in [0.1, 0.15) is 11.4 Å². The quantitative estimate of drug-likeness (QED) is 0.650. The van der Waals surface area contributed by atoms with Crippen molar-refractivity contribution < 1.29 is 14.5 Å². The number of nitrogens with zero attached hydrogens (tertiary/aromatic N) is 4. The Balaban J connectivity index is 1.61. The zero-order valence-electron chi connectivity index (χ0n) is 15.6. The molecular formula is C18H23N5O4. The molecule has 1 saturated heterocycles. The summed E-state index contributed by atoms with van der Waals surface area (Å²) in [5, 5.41) is 17.9. The Morgan fingerprint density at radius 3 is 2.44 bits per heavy atom. The fourth-order valence-corrected chi connectivity index (χ4v) is 2.98. The Morgan fingerprint density at radius 2 is 1.89 bits per heavy atom. The highest BCUT2D eigenvalue weighted by molar-refractivity contribution is 5.68. The average Bonchev–Trinajstić information content (AvgIpc) is 3.10. The molecule has 2 heterocycles. The van der Waals surface area contributed by atoms with Crippen LogP contribution in [0.2, 0.25) is 0 Å². The van der Waals surface area contributed by atoms with E-state index in [2.05, 4.69) is 15.2 Å². The van der Waals surface area contributed by atoms with Crippen LogP contribution in [0.4, 0.5) is 10.5 Å². The van der Waals surface area contributed by atoms with Crippen LogP contribution in [0.25, 0.3) is 11.4 Å². The molecule has 0 radical (unpaired) electrons. The first-order chi connectivity index (χ1) is 12.7. The fourth-order valence-electron chi connectivity index (χ4n) is 2.98. The van der Waals surface area contributed by atoms with Gasteiger partial charge in [-0.2, -0.15) is 5.10 Å². The lowest BCUT2D eigenvalue weighted by Crippen LogP contribution is -2.41. The predicted octanol–water partition coefficient (Wildman–Crippen LogP) is 3.49. The van der Waals surface area contributed by atoms with Gasteiger partial charge in [0, 0.05) is 36.7 Å². The molecule has 2 aromatic rings. The average molecular weight is 373 g/mol. The van der Waals surface area contributed by atoms with Crippen molar-refractivity contribution >= 4 is 11.8 Å². The zero-order valence-corrected chi connectivity index (χ0v) is 15.6. The van der Waals surface area contributed by atoms with Gasteiger partial charge >= 0.3 is 6.09 Å². The van der Waals surface area contributed by atoms with Gasteiger partial charge in [0.2, 0.25) is 0 Å². The van der Waals surface area contributed by atoms with Crippen LogP contribution in [0, 0.1) is 10.1 Å². The van der Waals surface area contributed by atoms with Crippen molar-refractivity contribution in [2.75, 3.05) is 13.1 Å². The number of ether oxygens (including phenoxy) is 1. The summed E-state index contributed by atoms with van der Waals surface area (Å²) < 4.78 is 5.41. The number of nitrogens with one attached hydrogen (secondary N) is 1. The maximum Gasteiger partial charge on any atom is 0.410 e. The van der Waals surface area contributed by atoms with Crippen LogP contribution < -0.4 is 0 Å². The van der Waals surface area contributed by atoms with Crippen LogP contribution in [-0.2, 0) is 4.74 Å². The van der Waals surface area contributed by atoms with E-state index in [4.69, 9.17) is 4.74 Å². The SMILES string of the molecule is CC(C)(C)OC(=O)N1CCC(c2nc(-c3ccc([N+](=O)[O-])cc3)n[nH]2)CC1. The topological polar surface area (TPSA) is 114 Å². The molecule has 0 aliphatic carbocycles. The van der Waals surface area contributed by atoms with Gasteiger partial charge in [0.15, 0.2) is 5.82 Å². The Morgan fingerprint density at radius 1 is 1.26 bits per heavy atom. The first kappa shape index (κ1) is 18.8. The zero-order chi connectivity index (χ0) is 19.6. The van der Waals surface area contributed by atoms with Crippen molar-refractivity contribution in [3.8, 4) is 11.4 Å². The Bertz CT molecular complexity index is 817. The molecule has 1 amide bonds. The van der Waals surface area contributed by atoms with Gasteiger partial charge in [-0.1, -0.05) is 0 Å². The third-order valence-corrected chi connectivity index (χ3v) is 4.37. The van der Waals surface area contributed by atoms with E-state index >= 15 is 0 Å². The number of nitro groups is 1. The molecule has 0 spiro atoms. The summed E-state index contributed by atoms with van der Waals surface area (Å²) in [6, 6.07) is 6.14. The van der Waals surface area contributed by atoms with Crippen LogP contribution in [0.5, 0.6) is 0 Å². The van der Waals surface area contributed by atoms with Crippen LogP contribution in [0.15, 0.2) is 24.3 Å². The lowest BCUT2D eigenvalue weighted by molar-refractivity contribution is -0.384. The number of nitro benzene ring substituents is 1. The number of amides is 1. The molecule has 0 saturated carbocycles. The van der Waals surface area contributed by atoms with Gasteiger partial charge in [-0.25, -0.2) is 9.78 Å². The van der Waals surface area contributed by atoms with Gasteiger partial charge in [0.05, 0.1) is 4.92 Å². The Labute approximate surface area is 156 Å². The molecule has 0 atom stereocenters. The summed E-state index contributed by atoms with van der Waals surface area (Å²) in [7, 11) is 0. The standard InChI is InChI=1S/C18H23N5O4/c1-18(2,3)27-17(24)22-10-8-13(9-11-22)16-19-15(20-21-16)12-4-6-14(7-5-12)23(25)26/h4-7,13H,8-11H2,1-3H3,(H,19,20,21). The van der Waals surface area contributed by atoms with E-state index < -0.39 is 10.5 Å². The molecule has 3 rings (SSSR count). The van der Waals surface area contributed by atoms with Crippen molar-refractivity contribution in [1.29, 1.82) is 0 Å². The largest absolute Gasteiger partial charge is 0.444 e. The number of H-pyrrole nitrogens is 1. The molecule has 9 heteroatoms. The molecule has 1 N–H and O–H groups in total. The Hall–Kier alpha value is -2.97. The van der Waals surface area contributed by atoms with E-state index in [0.29, 0.717) is 24.5 Å². The van der Waals surface area contributed by atoms with E-state index in [0.717, 1.165) is 18.7 Å². The minimum absolute atomic E-state index is 0.0315. The van der Waals surface area contributed by atoms with Crippen LogP contribution in [0.1, 0.15) is 45.4 Å². The van der Waals surface area contributed by atoms with Gasteiger partial charge in [-0.15, -0.1) is 0 Å². The number of likely N-dealkylation sites (tertiary alicyclic amines) is 1. The minimum Gasteiger partial charge on any atom is -0.444 e. The summed E-state index contributed by atoms with van der Waals surface area (Å²) in [6.45, 7) is 6.77. The predicted molar refractivity (Wildman–Crippen MR) is 98.3 cm³/mol. The third-order valence-electron chi connectivity index (χ3n) is 4.37. The van der Waals surface area contributed by atoms with Crippen molar-refractivity contribution in [2.45, 2.75) is 45.1 Å². The second kappa shape index (κ2) is 7.34. The number of benzene rings is 1. The van der Waals surface area contributed by atoms with Gasteiger partial charge in [-0.3, -0.25) is 15.2 Å². The van der Waals surface area contributed by atoms with Gasteiger partial charge in [0.25, 0.3) is 5.69 Å². The van der Waals surface area contributed by atoms with Crippen LogP contribution >= 0.6 is 0 Å². The number of aromatic amines is 1. The van der Waals surface area contributed by atoms with Crippen molar-refractivity contribution in [2.24, 2.45) is 0 Å². The number of piperidine rings is 1. The molecule has 144 valence electrons. The summed E-state index contributed by atoms with van der Waals surface area (Å²) in [5.41, 5.74) is 0.247. The molecule has 1 aliphatic rings. The highest BCUT2D eigenvalue weighted by atomic mass is 16.6. The minimum atomic E-state index is -0.501. The van der Waals surface area contributed by atoms with E-state index in [1.165, 1.54) is 12.1 Å². The molecule has 1 aromatic carbocycles. The number of rotatable bonds is 3. The van der Waals surface area contributed by atoms with Gasteiger partial charge < -0.3 is 9.64 Å². The van der Waals surface area contributed by atoms with E-state index in [1.54, 1.807) is 17.0 Å². The van der Waals surface area contributed by atoms with E-state index in [9.17, 15) is 14.9 Å². The van der Waals surface area contributed by atoms with Crippen LogP contribution in [-0.4, -0.2) is 49.8 Å². The first-order valence-corrected chi connectivity index (χ1v) is 8.88. The molecule has 0 bridgehead atoms. The molecule has 1 aliphatic heterocycles. The smallest absolute Gasteiger partial charge is 0.410 e. The second-order valence-electron chi connectivity index (χ2n) is 7.59. The molecular weight excluding hydrogens is 350 g/mol. The Kier molecular flexibility index (Phi) is 5.11. The van der Waals surface area contributed by atoms with Crippen molar-refractivity contribution in [3.63, 3.8) is 0 Å². The fraction of sp³-hybridized carbons (Fsp3) is 0.500. The molecule has 1 fully saturated rings. The molecule has 1 aromatic heterocycles. The maximum atomic E-state index is 12.1. The highest BCUT2D eigenvalue weighted by Gasteiger charge is 2.29. The van der Waals surface area contributed by atoms with Crippen molar-refractivity contribution in [3.05, 3.63) is 40.2 Å². The molecule has 0 unspecified atom stereocenters. The number of carbonyl (C=O) groups excluding carboxylic acids is 1. The lowest BCUT2D eigenvalue weighted by Gasteiger charge is -2.32. The highest BCUT2D eigenvalue weighted by Crippen LogP contribution is 2.28.